The van der Waals surface area contributed by atoms with Crippen LogP contribution < -0.4 is 14.2 Å². The molecule has 0 aliphatic heterocycles. The van der Waals surface area contributed by atoms with Crippen LogP contribution in [0.3, 0.4) is 0 Å². The first-order valence-corrected chi connectivity index (χ1v) is 12.1. The monoisotopic (exact) mass is 528 g/mol. The van der Waals surface area contributed by atoms with Gasteiger partial charge >= 0.3 is 11.4 Å². The van der Waals surface area contributed by atoms with E-state index in [1.807, 2.05) is 64.1 Å². The molecule has 0 unspecified atom stereocenters. The molecule has 0 saturated carbocycles. The molecule has 0 aliphatic carbocycles. The van der Waals surface area contributed by atoms with Crippen molar-refractivity contribution in [2.45, 2.75) is 27.7 Å². The van der Waals surface area contributed by atoms with Crippen LogP contribution in [0.2, 0.25) is 0 Å². The van der Waals surface area contributed by atoms with E-state index in [0.29, 0.717) is 22.3 Å². The average molecular weight is 529 g/mol. The van der Waals surface area contributed by atoms with Gasteiger partial charge in [0, 0.05) is 12.1 Å². The largest absolute Gasteiger partial charge is 0.490 e. The highest BCUT2D eigenvalue weighted by Crippen LogP contribution is 2.50. The van der Waals surface area contributed by atoms with E-state index in [0.717, 1.165) is 22.3 Å². The Hall–Kier alpha value is -4.92. The van der Waals surface area contributed by atoms with Gasteiger partial charge in [0.05, 0.1) is 35.2 Å². The molecular formula is C30H28N2O7. The predicted molar refractivity (Wildman–Crippen MR) is 149 cm³/mol. The molecule has 4 rings (SSSR count). The number of nitrogens with zero attached hydrogens (tertiary/aromatic N) is 2. The fraction of sp³-hybridized carbons (Fsp3) is 0.200. The molecule has 4 aromatic carbocycles. The zero-order valence-electron chi connectivity index (χ0n) is 22.5. The summed E-state index contributed by atoms with van der Waals surface area (Å²) in [4.78, 5) is 22.7. The van der Waals surface area contributed by atoms with Crippen molar-refractivity contribution in [2.24, 2.45) is 0 Å². The Morgan fingerprint density at radius 2 is 0.949 bits per heavy atom. The zero-order chi connectivity index (χ0) is 28.4. The number of nitro benzene ring substituents is 2. The van der Waals surface area contributed by atoms with Gasteiger partial charge in [-0.2, -0.15) is 0 Å². The van der Waals surface area contributed by atoms with Crippen molar-refractivity contribution >= 4 is 11.4 Å². The summed E-state index contributed by atoms with van der Waals surface area (Å²) in [7, 11) is 2.73. The van der Waals surface area contributed by atoms with E-state index >= 15 is 0 Å². The first kappa shape index (κ1) is 27.1. The lowest BCUT2D eigenvalue weighted by Crippen LogP contribution is -2.01. The average Bonchev–Trinajstić information content (AvgIpc) is 2.90. The van der Waals surface area contributed by atoms with Crippen LogP contribution in [-0.4, -0.2) is 24.1 Å². The molecule has 0 radical (unpaired) electrons. The van der Waals surface area contributed by atoms with Gasteiger partial charge in [0.2, 0.25) is 11.5 Å². The van der Waals surface area contributed by atoms with E-state index in [1.165, 1.54) is 38.5 Å². The molecule has 9 heteroatoms. The van der Waals surface area contributed by atoms with Crippen molar-refractivity contribution in [2.75, 3.05) is 14.2 Å². The summed E-state index contributed by atoms with van der Waals surface area (Å²) >= 11 is 0. The molecule has 39 heavy (non-hydrogen) atoms. The summed E-state index contributed by atoms with van der Waals surface area (Å²) in [5.74, 6) is 0.646. The maximum absolute atomic E-state index is 11.8. The van der Waals surface area contributed by atoms with Crippen LogP contribution in [0.15, 0.2) is 60.7 Å². The van der Waals surface area contributed by atoms with Gasteiger partial charge in [-0.25, -0.2) is 0 Å². The lowest BCUT2D eigenvalue weighted by molar-refractivity contribution is -0.385. The van der Waals surface area contributed by atoms with Crippen LogP contribution in [0.1, 0.15) is 22.3 Å². The molecule has 0 saturated heterocycles. The van der Waals surface area contributed by atoms with Crippen molar-refractivity contribution in [3.63, 3.8) is 0 Å². The van der Waals surface area contributed by atoms with Crippen molar-refractivity contribution in [3.05, 3.63) is 103 Å². The van der Waals surface area contributed by atoms with Gasteiger partial charge in [-0.15, -0.1) is 0 Å². The molecule has 0 spiro atoms. The van der Waals surface area contributed by atoms with E-state index in [2.05, 4.69) is 0 Å². The van der Waals surface area contributed by atoms with Gasteiger partial charge in [-0.3, -0.25) is 20.2 Å². The second-order valence-corrected chi connectivity index (χ2v) is 9.20. The number of nitro groups is 2. The molecule has 0 aliphatic rings. The van der Waals surface area contributed by atoms with Crippen molar-refractivity contribution < 1.29 is 24.1 Å². The number of hydrogen-bond acceptors (Lipinski definition) is 7. The summed E-state index contributed by atoms with van der Waals surface area (Å²) in [6, 6.07) is 17.0. The van der Waals surface area contributed by atoms with Crippen LogP contribution in [0.25, 0.3) is 22.3 Å². The molecule has 0 bridgehead atoms. The van der Waals surface area contributed by atoms with Crippen molar-refractivity contribution in [3.8, 4) is 45.3 Å². The number of methoxy groups -OCH3 is 2. The minimum absolute atomic E-state index is 0.0439. The molecule has 0 aromatic heterocycles. The molecule has 0 N–H and O–H groups in total. The third-order valence-corrected chi connectivity index (χ3v) is 6.81. The Kier molecular flexibility index (Phi) is 7.53. The summed E-state index contributed by atoms with van der Waals surface area (Å²) in [6.07, 6.45) is 0. The van der Waals surface area contributed by atoms with Crippen molar-refractivity contribution in [1.82, 2.24) is 0 Å². The first-order valence-electron chi connectivity index (χ1n) is 12.1. The summed E-state index contributed by atoms with van der Waals surface area (Å²) in [5, 5.41) is 23.7. The van der Waals surface area contributed by atoms with E-state index in [9.17, 15) is 20.2 Å². The van der Waals surface area contributed by atoms with E-state index in [4.69, 9.17) is 14.2 Å². The van der Waals surface area contributed by atoms with Gasteiger partial charge in [0.1, 0.15) is 11.5 Å². The molecule has 4 aromatic rings. The summed E-state index contributed by atoms with van der Waals surface area (Å²) in [6.45, 7) is 7.84. The Morgan fingerprint density at radius 1 is 0.564 bits per heavy atom. The number of hydrogen-bond donors (Lipinski definition) is 0. The third-order valence-electron chi connectivity index (χ3n) is 6.81. The van der Waals surface area contributed by atoms with Gasteiger partial charge in [0.25, 0.3) is 0 Å². The Labute approximate surface area is 225 Å². The zero-order valence-corrected chi connectivity index (χ0v) is 22.5. The van der Waals surface area contributed by atoms with Crippen LogP contribution in [-0.2, 0) is 0 Å². The quantitative estimate of drug-likeness (QED) is 0.169. The topological polar surface area (TPSA) is 114 Å². The summed E-state index contributed by atoms with van der Waals surface area (Å²) in [5.41, 5.74) is 5.76. The molecule has 0 amide bonds. The van der Waals surface area contributed by atoms with E-state index < -0.39 is 9.85 Å². The van der Waals surface area contributed by atoms with Crippen LogP contribution >= 0.6 is 0 Å². The Balaban J connectivity index is 2.02. The minimum Gasteiger partial charge on any atom is -0.490 e. The van der Waals surface area contributed by atoms with Gasteiger partial charge < -0.3 is 14.2 Å². The Bertz CT molecular complexity index is 1490. The van der Waals surface area contributed by atoms with E-state index in [-0.39, 0.29) is 34.4 Å². The molecule has 200 valence electrons. The van der Waals surface area contributed by atoms with Crippen molar-refractivity contribution in [1.29, 1.82) is 0 Å². The Morgan fingerprint density at radius 3 is 1.26 bits per heavy atom. The molecule has 9 nitrogen and oxygen atoms in total. The second-order valence-electron chi connectivity index (χ2n) is 9.20. The number of rotatable bonds is 8. The highest BCUT2D eigenvalue weighted by Gasteiger charge is 2.28. The SMILES string of the molecule is COc1c([N+](=O)[O-])ccc(Oc2ccc([N+](=O)[O-])c(OC)c2-c2ccc(C)c(C)c2)c1-c1ccc(C)c(C)c1. The second kappa shape index (κ2) is 10.8. The summed E-state index contributed by atoms with van der Waals surface area (Å²) < 4.78 is 17.5. The first-order chi connectivity index (χ1) is 18.6. The lowest BCUT2D eigenvalue weighted by Gasteiger charge is -2.19. The van der Waals surface area contributed by atoms with Gasteiger partial charge in [-0.1, -0.05) is 36.4 Å². The maximum atomic E-state index is 11.8. The van der Waals surface area contributed by atoms with Crippen LogP contribution in [0.5, 0.6) is 23.0 Å². The normalized spacial score (nSPS) is 10.7. The standard InChI is InChI=1S/C30H28N2O7/c1-17-7-9-21(15-19(17)3)27-25(13-11-23(31(33)34)29(27)37-5)39-26-14-12-24(32(35)36)30(38-6)28(26)22-10-8-18(2)20(4)16-22/h7-16H,1-6H3. The van der Waals surface area contributed by atoms with Crippen LogP contribution in [0, 0.1) is 47.9 Å². The van der Waals surface area contributed by atoms with E-state index in [1.54, 1.807) is 0 Å². The van der Waals surface area contributed by atoms with Crippen LogP contribution in [0.4, 0.5) is 11.4 Å². The molecule has 0 atom stereocenters. The highest BCUT2D eigenvalue weighted by atomic mass is 16.6. The molecular weight excluding hydrogens is 500 g/mol. The number of ether oxygens (including phenoxy) is 3. The van der Waals surface area contributed by atoms with Gasteiger partial charge in [-0.05, 0) is 73.2 Å². The number of aryl methyl sites for hydroxylation is 4. The number of benzene rings is 4. The fourth-order valence-electron chi connectivity index (χ4n) is 4.44. The fourth-order valence-corrected chi connectivity index (χ4v) is 4.44. The minimum atomic E-state index is -0.511. The van der Waals surface area contributed by atoms with Gasteiger partial charge in [0.15, 0.2) is 0 Å². The smallest absolute Gasteiger partial charge is 0.311 e. The predicted octanol–water partition coefficient (Wildman–Crippen LogP) is 7.88. The lowest BCUT2D eigenvalue weighted by atomic mass is 9.97. The molecule has 0 fully saturated rings. The molecule has 0 heterocycles. The maximum Gasteiger partial charge on any atom is 0.311 e. The highest BCUT2D eigenvalue weighted by molar-refractivity contribution is 5.85. The third kappa shape index (κ3) is 5.11.